The molecule has 0 fully saturated rings. The smallest absolute Gasteiger partial charge is 0.286 e. The minimum Gasteiger partial charge on any atom is -0.286 e. The Hall–Kier alpha value is -0.110. The first-order valence-corrected chi connectivity index (χ1v) is 6.08. The molecule has 13 heavy (non-hydrogen) atoms. The van der Waals surface area contributed by atoms with Crippen LogP contribution in [0.25, 0.3) is 0 Å². The fourth-order valence-electron chi connectivity index (χ4n) is 0.732. The zero-order chi connectivity index (χ0) is 10.5. The molecule has 0 spiro atoms. The summed E-state index contributed by atoms with van der Waals surface area (Å²) in [5.74, 6) is 0. The van der Waals surface area contributed by atoms with Crippen LogP contribution in [-0.2, 0) is 10.3 Å². The van der Waals surface area contributed by atoms with E-state index >= 15 is 0 Å². The number of nitrogens with zero attached hydrogens (tertiary/aromatic N) is 1. The van der Waals surface area contributed by atoms with Crippen LogP contribution in [0.15, 0.2) is 4.99 Å². The van der Waals surface area contributed by atoms with Crippen molar-refractivity contribution in [1.82, 2.24) is 4.72 Å². The lowest BCUT2D eigenvalue weighted by molar-refractivity contribution is 0.467. The molecule has 0 rings (SSSR count). The Morgan fingerprint density at radius 3 is 2.54 bits per heavy atom. The Morgan fingerprint density at radius 1 is 1.69 bits per heavy atom. The maximum Gasteiger partial charge on any atom is 0.334 e. The van der Waals surface area contributed by atoms with Gasteiger partial charge in [0.2, 0.25) is 0 Å². The standard InChI is InChI=1S/C6H14N2O3S2/c1-4-6(7-3)12-5(2)8-13(9,10)11/h5,8H,4H2,1-3H3,(H,9,10,11). The first-order chi connectivity index (χ1) is 5.89. The van der Waals surface area contributed by atoms with Crippen LogP contribution in [-0.4, -0.2) is 30.4 Å². The lowest BCUT2D eigenvalue weighted by Crippen LogP contribution is -2.30. The van der Waals surface area contributed by atoms with E-state index in [1.807, 2.05) is 11.6 Å². The predicted octanol–water partition coefficient (Wildman–Crippen LogP) is 0.896. The molecule has 5 nitrogen and oxygen atoms in total. The average molecular weight is 226 g/mol. The van der Waals surface area contributed by atoms with E-state index in [1.165, 1.54) is 11.8 Å². The van der Waals surface area contributed by atoms with Crippen LogP contribution < -0.4 is 4.72 Å². The van der Waals surface area contributed by atoms with Gasteiger partial charge in [-0.15, -0.1) is 0 Å². The summed E-state index contributed by atoms with van der Waals surface area (Å²) in [6.45, 7) is 3.56. The summed E-state index contributed by atoms with van der Waals surface area (Å²) >= 11 is 1.27. The van der Waals surface area contributed by atoms with Crippen molar-refractivity contribution < 1.29 is 13.0 Å². The summed E-state index contributed by atoms with van der Waals surface area (Å²) in [5, 5.41) is 0.428. The van der Waals surface area contributed by atoms with Crippen LogP contribution in [0.5, 0.6) is 0 Å². The molecular formula is C6H14N2O3S2. The molecule has 2 N–H and O–H groups in total. The van der Waals surface area contributed by atoms with Crippen molar-refractivity contribution in [1.29, 1.82) is 0 Å². The van der Waals surface area contributed by atoms with E-state index in [9.17, 15) is 8.42 Å². The average Bonchev–Trinajstić information content (AvgIpc) is 1.96. The molecule has 1 unspecified atom stereocenters. The van der Waals surface area contributed by atoms with Gasteiger partial charge in [0.15, 0.2) is 0 Å². The zero-order valence-corrected chi connectivity index (χ0v) is 9.44. The molecule has 0 saturated heterocycles. The molecule has 0 heterocycles. The van der Waals surface area contributed by atoms with Crippen LogP contribution in [0.3, 0.4) is 0 Å². The Morgan fingerprint density at radius 2 is 2.23 bits per heavy atom. The lowest BCUT2D eigenvalue weighted by atomic mass is 10.5. The van der Waals surface area contributed by atoms with Gasteiger partial charge < -0.3 is 0 Å². The quantitative estimate of drug-likeness (QED) is 0.323. The van der Waals surface area contributed by atoms with E-state index in [0.29, 0.717) is 0 Å². The van der Waals surface area contributed by atoms with Crippen molar-refractivity contribution in [2.45, 2.75) is 25.6 Å². The van der Waals surface area contributed by atoms with Crippen LogP contribution in [0, 0.1) is 0 Å². The van der Waals surface area contributed by atoms with Crippen LogP contribution in [0.1, 0.15) is 20.3 Å². The van der Waals surface area contributed by atoms with E-state index in [-0.39, 0.29) is 0 Å². The number of nitrogens with one attached hydrogen (secondary N) is 1. The van der Waals surface area contributed by atoms with Gasteiger partial charge in [0.1, 0.15) is 0 Å². The first kappa shape index (κ1) is 12.9. The van der Waals surface area contributed by atoms with E-state index in [0.717, 1.165) is 11.5 Å². The van der Waals surface area contributed by atoms with Crippen molar-refractivity contribution in [2.24, 2.45) is 4.99 Å². The maximum absolute atomic E-state index is 10.4. The molecule has 0 radical (unpaired) electrons. The van der Waals surface area contributed by atoms with Gasteiger partial charge in [-0.1, -0.05) is 18.7 Å². The van der Waals surface area contributed by atoms with Crippen LogP contribution >= 0.6 is 11.8 Å². The van der Waals surface area contributed by atoms with Gasteiger partial charge in [0.05, 0.1) is 10.4 Å². The normalized spacial score (nSPS) is 15.8. The van der Waals surface area contributed by atoms with Crippen molar-refractivity contribution in [3.05, 3.63) is 0 Å². The second-order valence-corrected chi connectivity index (χ2v) is 4.92. The van der Waals surface area contributed by atoms with Gasteiger partial charge in [0.25, 0.3) is 0 Å². The Bertz CT molecular complexity index is 274. The molecule has 1 atom stereocenters. The fourth-order valence-corrected chi connectivity index (χ4v) is 2.39. The summed E-state index contributed by atoms with van der Waals surface area (Å²) in [6.07, 6.45) is 0.749. The molecule has 0 saturated carbocycles. The third kappa shape index (κ3) is 7.00. The maximum atomic E-state index is 10.4. The molecule has 0 aromatic heterocycles. The molecule has 78 valence electrons. The van der Waals surface area contributed by atoms with Gasteiger partial charge in [-0.05, 0) is 13.3 Å². The first-order valence-electron chi connectivity index (χ1n) is 3.76. The molecular weight excluding hydrogens is 212 g/mol. The summed E-state index contributed by atoms with van der Waals surface area (Å²) in [6, 6.07) is 0. The molecule has 0 aliphatic rings. The van der Waals surface area contributed by atoms with Crippen molar-refractivity contribution in [2.75, 3.05) is 7.05 Å². The van der Waals surface area contributed by atoms with E-state index in [4.69, 9.17) is 4.55 Å². The Labute approximate surface area is 82.9 Å². The SMILES string of the molecule is CCC(=NC)SC(C)NS(=O)(=O)O. The lowest BCUT2D eigenvalue weighted by Gasteiger charge is -2.10. The van der Waals surface area contributed by atoms with E-state index in [2.05, 4.69) is 4.99 Å². The van der Waals surface area contributed by atoms with Gasteiger partial charge in [-0.25, -0.2) is 0 Å². The molecule has 0 aliphatic heterocycles. The number of thioether (sulfide) groups is 1. The summed E-state index contributed by atoms with van der Waals surface area (Å²) in [4.78, 5) is 3.94. The summed E-state index contributed by atoms with van der Waals surface area (Å²) < 4.78 is 31.3. The number of hydrogen-bond donors (Lipinski definition) is 2. The second kappa shape index (κ2) is 5.58. The fraction of sp³-hybridized carbons (Fsp3) is 0.833. The topological polar surface area (TPSA) is 78.8 Å². The number of rotatable bonds is 4. The number of aliphatic imine (C=N–C) groups is 1. The van der Waals surface area contributed by atoms with Crippen molar-refractivity contribution in [3.63, 3.8) is 0 Å². The molecule has 0 aromatic carbocycles. The largest absolute Gasteiger partial charge is 0.334 e. The van der Waals surface area contributed by atoms with Crippen molar-refractivity contribution >= 4 is 27.1 Å². The predicted molar refractivity (Wildman–Crippen MR) is 55.4 cm³/mol. The molecule has 0 aliphatic carbocycles. The minimum atomic E-state index is -4.11. The zero-order valence-electron chi connectivity index (χ0n) is 7.81. The highest BCUT2D eigenvalue weighted by Gasteiger charge is 2.12. The highest BCUT2D eigenvalue weighted by Crippen LogP contribution is 2.13. The monoisotopic (exact) mass is 226 g/mol. The van der Waals surface area contributed by atoms with Gasteiger partial charge >= 0.3 is 10.3 Å². The molecule has 0 bridgehead atoms. The van der Waals surface area contributed by atoms with E-state index in [1.54, 1.807) is 14.0 Å². The highest BCUT2D eigenvalue weighted by atomic mass is 32.2. The summed E-state index contributed by atoms with van der Waals surface area (Å²) in [5.41, 5.74) is 0. The number of hydrogen-bond acceptors (Lipinski definition) is 4. The van der Waals surface area contributed by atoms with Crippen LogP contribution in [0.2, 0.25) is 0 Å². The summed E-state index contributed by atoms with van der Waals surface area (Å²) in [7, 11) is -2.47. The van der Waals surface area contributed by atoms with Gasteiger partial charge in [-0.2, -0.15) is 13.1 Å². The third-order valence-corrected chi connectivity index (χ3v) is 3.19. The highest BCUT2D eigenvalue weighted by molar-refractivity contribution is 8.14. The van der Waals surface area contributed by atoms with E-state index < -0.39 is 15.7 Å². The Balaban J connectivity index is 4.09. The molecule has 7 heteroatoms. The van der Waals surface area contributed by atoms with Gasteiger partial charge in [0, 0.05) is 7.05 Å². The van der Waals surface area contributed by atoms with Gasteiger partial charge in [-0.3, -0.25) is 9.55 Å². The molecule has 0 amide bonds. The minimum absolute atomic E-state index is 0.409. The second-order valence-electron chi connectivity index (χ2n) is 2.32. The Kier molecular flexibility index (Phi) is 5.54. The van der Waals surface area contributed by atoms with Crippen LogP contribution in [0.4, 0.5) is 0 Å². The molecule has 0 aromatic rings. The van der Waals surface area contributed by atoms with Crippen molar-refractivity contribution in [3.8, 4) is 0 Å². The third-order valence-electron chi connectivity index (χ3n) is 1.18.